The summed E-state index contributed by atoms with van der Waals surface area (Å²) in [5.74, 6) is -0.906. The average Bonchev–Trinajstić information content (AvgIpc) is 2.86. The first-order valence-corrected chi connectivity index (χ1v) is 6.90. The van der Waals surface area contributed by atoms with Gasteiger partial charge in [0.2, 0.25) is 0 Å². The molecule has 1 heterocycles. The van der Waals surface area contributed by atoms with Crippen LogP contribution in [0.3, 0.4) is 0 Å². The summed E-state index contributed by atoms with van der Waals surface area (Å²) in [6.07, 6.45) is 3.83. The number of aromatic nitrogens is 2. The highest BCUT2D eigenvalue weighted by molar-refractivity contribution is 5.91. The smallest absolute Gasteiger partial charge is 0.336 e. The summed E-state index contributed by atoms with van der Waals surface area (Å²) in [6, 6.07) is 5.24. The number of carbonyl (C=O) groups is 1. The minimum atomic E-state index is -0.906. The molecule has 0 radical (unpaired) electrons. The summed E-state index contributed by atoms with van der Waals surface area (Å²) in [5.41, 5.74) is 2.92. The molecule has 0 saturated heterocycles. The minimum Gasteiger partial charge on any atom is -0.478 e. The zero-order valence-electron chi connectivity index (χ0n) is 12.8. The molecule has 5 nitrogen and oxygen atoms in total. The SMILES string of the molecule is Cc1c(NCc2cnn(C(C)(C)C)c2)cccc1C(=O)O. The van der Waals surface area contributed by atoms with Gasteiger partial charge in [-0.1, -0.05) is 6.07 Å². The quantitative estimate of drug-likeness (QED) is 0.905. The molecule has 2 N–H and O–H groups in total. The fourth-order valence-electron chi connectivity index (χ4n) is 2.07. The number of hydrogen-bond acceptors (Lipinski definition) is 3. The fourth-order valence-corrected chi connectivity index (χ4v) is 2.07. The molecular formula is C16H21N3O2. The van der Waals surface area contributed by atoms with Gasteiger partial charge in [-0.25, -0.2) is 4.79 Å². The van der Waals surface area contributed by atoms with Gasteiger partial charge in [0.1, 0.15) is 0 Å². The molecule has 0 fully saturated rings. The van der Waals surface area contributed by atoms with E-state index in [9.17, 15) is 4.79 Å². The molecule has 0 saturated carbocycles. The maximum absolute atomic E-state index is 11.1. The van der Waals surface area contributed by atoms with Crippen molar-refractivity contribution in [2.75, 3.05) is 5.32 Å². The van der Waals surface area contributed by atoms with Crippen molar-refractivity contribution in [3.8, 4) is 0 Å². The number of benzene rings is 1. The standard InChI is InChI=1S/C16H21N3O2/c1-11-13(15(20)21)6-5-7-14(11)17-8-12-9-18-19(10-12)16(2,3)4/h5-7,9-10,17H,8H2,1-4H3,(H,20,21). The lowest BCUT2D eigenvalue weighted by Crippen LogP contribution is -2.22. The molecule has 0 amide bonds. The molecule has 2 rings (SSSR count). The summed E-state index contributed by atoms with van der Waals surface area (Å²) in [4.78, 5) is 11.1. The maximum Gasteiger partial charge on any atom is 0.336 e. The molecule has 0 aliphatic rings. The van der Waals surface area contributed by atoms with Crippen molar-refractivity contribution in [2.45, 2.75) is 39.8 Å². The van der Waals surface area contributed by atoms with Crippen molar-refractivity contribution in [1.29, 1.82) is 0 Å². The number of carboxylic acids is 1. The van der Waals surface area contributed by atoms with Crippen molar-refractivity contribution in [3.05, 3.63) is 47.3 Å². The third kappa shape index (κ3) is 3.42. The predicted molar refractivity (Wildman–Crippen MR) is 82.7 cm³/mol. The lowest BCUT2D eigenvalue weighted by atomic mass is 10.1. The molecule has 2 aromatic rings. The zero-order chi connectivity index (χ0) is 15.6. The van der Waals surface area contributed by atoms with E-state index in [0.717, 1.165) is 16.8 Å². The molecule has 0 atom stereocenters. The average molecular weight is 287 g/mol. The van der Waals surface area contributed by atoms with E-state index in [1.54, 1.807) is 12.1 Å². The van der Waals surface area contributed by atoms with E-state index < -0.39 is 5.97 Å². The first-order valence-electron chi connectivity index (χ1n) is 6.90. The number of anilines is 1. The first-order chi connectivity index (χ1) is 9.79. The summed E-state index contributed by atoms with van der Waals surface area (Å²) >= 11 is 0. The molecule has 112 valence electrons. The Balaban J connectivity index is 2.12. The van der Waals surface area contributed by atoms with Crippen molar-refractivity contribution >= 4 is 11.7 Å². The summed E-state index contributed by atoms with van der Waals surface area (Å²) < 4.78 is 1.92. The van der Waals surface area contributed by atoms with Crippen LogP contribution in [0.2, 0.25) is 0 Å². The summed E-state index contributed by atoms with van der Waals surface area (Å²) in [6.45, 7) is 8.71. The van der Waals surface area contributed by atoms with E-state index in [2.05, 4.69) is 31.2 Å². The van der Waals surface area contributed by atoms with E-state index in [1.165, 1.54) is 0 Å². The molecule has 21 heavy (non-hydrogen) atoms. The van der Waals surface area contributed by atoms with Gasteiger partial charge in [-0.05, 0) is 45.4 Å². The number of rotatable bonds is 4. The number of nitrogens with one attached hydrogen (secondary N) is 1. The molecule has 0 bridgehead atoms. The van der Waals surface area contributed by atoms with E-state index in [1.807, 2.05) is 30.1 Å². The molecule has 0 spiro atoms. The first kappa shape index (κ1) is 15.1. The van der Waals surface area contributed by atoms with Gasteiger partial charge in [0, 0.05) is 24.0 Å². The third-order valence-corrected chi connectivity index (χ3v) is 3.37. The second-order valence-electron chi connectivity index (χ2n) is 6.10. The van der Waals surface area contributed by atoms with Gasteiger partial charge in [0.25, 0.3) is 0 Å². The molecule has 1 aromatic heterocycles. The van der Waals surface area contributed by atoms with Gasteiger partial charge in [0.05, 0.1) is 17.3 Å². The van der Waals surface area contributed by atoms with Crippen LogP contribution in [0.5, 0.6) is 0 Å². The highest BCUT2D eigenvalue weighted by Gasteiger charge is 2.14. The number of aromatic carboxylic acids is 1. The van der Waals surface area contributed by atoms with Crippen LogP contribution in [0.4, 0.5) is 5.69 Å². The Hall–Kier alpha value is -2.30. The van der Waals surface area contributed by atoms with Crippen LogP contribution >= 0.6 is 0 Å². The van der Waals surface area contributed by atoms with Crippen molar-refractivity contribution < 1.29 is 9.90 Å². The van der Waals surface area contributed by atoms with Crippen LogP contribution in [0.25, 0.3) is 0 Å². The number of hydrogen-bond donors (Lipinski definition) is 2. The van der Waals surface area contributed by atoms with Crippen LogP contribution in [0.1, 0.15) is 42.3 Å². The molecule has 1 aromatic carbocycles. The topological polar surface area (TPSA) is 67.2 Å². The Morgan fingerprint density at radius 2 is 2.10 bits per heavy atom. The minimum absolute atomic E-state index is 0.0443. The highest BCUT2D eigenvalue weighted by atomic mass is 16.4. The van der Waals surface area contributed by atoms with Crippen LogP contribution in [-0.4, -0.2) is 20.9 Å². The van der Waals surface area contributed by atoms with Gasteiger partial charge < -0.3 is 10.4 Å². The lowest BCUT2D eigenvalue weighted by Gasteiger charge is -2.18. The van der Waals surface area contributed by atoms with Gasteiger partial charge in [-0.3, -0.25) is 4.68 Å². The van der Waals surface area contributed by atoms with E-state index in [0.29, 0.717) is 12.1 Å². The van der Waals surface area contributed by atoms with Gasteiger partial charge >= 0.3 is 5.97 Å². The second-order valence-corrected chi connectivity index (χ2v) is 6.10. The number of carboxylic acid groups (broad SMARTS) is 1. The Kier molecular flexibility index (Phi) is 4.02. The monoisotopic (exact) mass is 287 g/mol. The fraction of sp³-hybridized carbons (Fsp3) is 0.375. The summed E-state index contributed by atoms with van der Waals surface area (Å²) in [5, 5.41) is 16.8. The molecule has 0 aliphatic heterocycles. The molecule has 0 aliphatic carbocycles. The summed E-state index contributed by atoms with van der Waals surface area (Å²) in [7, 11) is 0. The number of nitrogens with zero attached hydrogens (tertiary/aromatic N) is 2. The third-order valence-electron chi connectivity index (χ3n) is 3.37. The van der Waals surface area contributed by atoms with Crippen LogP contribution in [0.15, 0.2) is 30.6 Å². The second kappa shape index (κ2) is 5.60. The molecule has 0 unspecified atom stereocenters. The Morgan fingerprint density at radius 1 is 1.38 bits per heavy atom. The van der Waals surface area contributed by atoms with Crippen LogP contribution < -0.4 is 5.32 Å². The normalized spacial score (nSPS) is 11.4. The zero-order valence-corrected chi connectivity index (χ0v) is 12.8. The van der Waals surface area contributed by atoms with Gasteiger partial charge in [0.15, 0.2) is 0 Å². The lowest BCUT2D eigenvalue weighted by molar-refractivity contribution is 0.0696. The maximum atomic E-state index is 11.1. The Bertz CT molecular complexity index is 654. The Labute approximate surface area is 124 Å². The van der Waals surface area contributed by atoms with E-state index in [-0.39, 0.29) is 5.54 Å². The van der Waals surface area contributed by atoms with E-state index in [4.69, 9.17) is 5.11 Å². The Morgan fingerprint density at radius 3 is 2.67 bits per heavy atom. The molecular weight excluding hydrogens is 266 g/mol. The van der Waals surface area contributed by atoms with Crippen LogP contribution in [-0.2, 0) is 12.1 Å². The van der Waals surface area contributed by atoms with E-state index >= 15 is 0 Å². The van der Waals surface area contributed by atoms with Crippen LogP contribution in [0, 0.1) is 6.92 Å². The molecule has 5 heteroatoms. The van der Waals surface area contributed by atoms with Crippen molar-refractivity contribution in [3.63, 3.8) is 0 Å². The predicted octanol–water partition coefficient (Wildman–Crippen LogP) is 3.26. The largest absolute Gasteiger partial charge is 0.478 e. The van der Waals surface area contributed by atoms with Crippen molar-refractivity contribution in [1.82, 2.24) is 9.78 Å². The highest BCUT2D eigenvalue weighted by Crippen LogP contribution is 2.20. The van der Waals surface area contributed by atoms with Gasteiger partial charge in [-0.2, -0.15) is 5.10 Å². The van der Waals surface area contributed by atoms with Gasteiger partial charge in [-0.15, -0.1) is 0 Å². The van der Waals surface area contributed by atoms with Crippen molar-refractivity contribution in [2.24, 2.45) is 0 Å².